The number of aromatic amines is 1. The average Bonchev–Trinajstić information content (AvgIpc) is 3.14. The minimum absolute atomic E-state index is 0.270. The van der Waals surface area contributed by atoms with Gasteiger partial charge in [0.25, 0.3) is 0 Å². The number of rotatable bonds is 2. The summed E-state index contributed by atoms with van der Waals surface area (Å²) in [7, 11) is 0. The first-order valence-corrected chi connectivity index (χ1v) is 6.52. The number of nitrogens with zero attached hydrogens (tertiary/aromatic N) is 7. The number of morpholine rings is 1. The molecule has 0 aliphatic carbocycles. The van der Waals surface area contributed by atoms with Crippen molar-refractivity contribution in [3.8, 4) is 5.82 Å². The molecule has 108 valence electrons. The van der Waals surface area contributed by atoms with Gasteiger partial charge in [0.05, 0.1) is 19.5 Å². The molecule has 21 heavy (non-hydrogen) atoms. The van der Waals surface area contributed by atoms with Crippen LogP contribution < -0.4 is 10.6 Å². The van der Waals surface area contributed by atoms with Crippen LogP contribution in [-0.4, -0.2) is 61.0 Å². The first kappa shape index (κ1) is 12.0. The van der Waals surface area contributed by atoms with Gasteiger partial charge in [-0.25, -0.2) is 15.0 Å². The first-order valence-electron chi connectivity index (χ1n) is 6.52. The molecule has 1 aliphatic heterocycles. The Kier molecular flexibility index (Phi) is 2.67. The van der Waals surface area contributed by atoms with E-state index in [0.29, 0.717) is 36.1 Å². The highest BCUT2D eigenvalue weighted by atomic mass is 16.5. The number of nitrogen functional groups attached to an aromatic ring is 1. The Morgan fingerprint density at radius 2 is 2.05 bits per heavy atom. The molecular formula is C11H13N9O. The molecule has 0 atom stereocenters. The van der Waals surface area contributed by atoms with Gasteiger partial charge in [-0.1, -0.05) is 0 Å². The van der Waals surface area contributed by atoms with Crippen LogP contribution in [-0.2, 0) is 4.74 Å². The third-order valence-electron chi connectivity index (χ3n) is 3.32. The summed E-state index contributed by atoms with van der Waals surface area (Å²) < 4.78 is 6.81. The van der Waals surface area contributed by atoms with Gasteiger partial charge in [-0.2, -0.15) is 9.67 Å². The zero-order valence-corrected chi connectivity index (χ0v) is 11.1. The first-order chi connectivity index (χ1) is 10.3. The highest BCUT2D eigenvalue weighted by molar-refractivity contribution is 5.77. The third kappa shape index (κ3) is 1.96. The molecule has 0 amide bonds. The van der Waals surface area contributed by atoms with Gasteiger partial charge >= 0.3 is 0 Å². The van der Waals surface area contributed by atoms with Crippen molar-refractivity contribution in [1.29, 1.82) is 0 Å². The van der Waals surface area contributed by atoms with E-state index in [1.54, 1.807) is 6.33 Å². The van der Waals surface area contributed by atoms with Crippen molar-refractivity contribution in [1.82, 2.24) is 34.7 Å². The van der Waals surface area contributed by atoms with E-state index < -0.39 is 0 Å². The van der Waals surface area contributed by atoms with Crippen molar-refractivity contribution in [2.45, 2.75) is 0 Å². The number of hydrogen-bond acceptors (Lipinski definition) is 8. The fraction of sp³-hybridized carbons (Fsp3) is 0.364. The predicted molar refractivity (Wildman–Crippen MR) is 74.0 cm³/mol. The highest BCUT2D eigenvalue weighted by Gasteiger charge is 2.19. The molecule has 3 aromatic heterocycles. The fourth-order valence-electron chi connectivity index (χ4n) is 2.28. The van der Waals surface area contributed by atoms with Crippen LogP contribution in [0.25, 0.3) is 17.0 Å². The lowest BCUT2D eigenvalue weighted by molar-refractivity contribution is 0.122. The number of anilines is 2. The summed E-state index contributed by atoms with van der Waals surface area (Å²) in [6.45, 7) is 2.80. The second-order valence-electron chi connectivity index (χ2n) is 4.58. The van der Waals surface area contributed by atoms with Gasteiger partial charge in [0.1, 0.15) is 11.8 Å². The lowest BCUT2D eigenvalue weighted by atomic mass is 10.4. The Morgan fingerprint density at radius 3 is 2.90 bits per heavy atom. The summed E-state index contributed by atoms with van der Waals surface area (Å²) in [5.41, 5.74) is 7.20. The summed E-state index contributed by atoms with van der Waals surface area (Å²) in [5, 5.41) is 4.45. The lowest BCUT2D eigenvalue weighted by Gasteiger charge is -2.25. The van der Waals surface area contributed by atoms with Crippen LogP contribution >= 0.6 is 0 Å². The van der Waals surface area contributed by atoms with Crippen molar-refractivity contribution in [2.75, 3.05) is 36.9 Å². The van der Waals surface area contributed by atoms with Crippen molar-refractivity contribution < 1.29 is 4.74 Å². The Balaban J connectivity index is 1.78. The topological polar surface area (TPSA) is 124 Å². The lowest BCUT2D eigenvalue weighted by Crippen LogP contribution is -2.37. The maximum Gasteiger partial charge on any atom is 0.247 e. The molecule has 3 aromatic rings. The molecule has 1 fully saturated rings. The number of imidazole rings is 1. The van der Waals surface area contributed by atoms with Gasteiger partial charge in [0.2, 0.25) is 11.9 Å². The van der Waals surface area contributed by atoms with Crippen molar-refractivity contribution in [2.24, 2.45) is 0 Å². The van der Waals surface area contributed by atoms with Crippen LogP contribution in [0.4, 0.5) is 11.9 Å². The Labute approximate surface area is 119 Å². The number of nitrogens with one attached hydrogen (secondary N) is 1. The van der Waals surface area contributed by atoms with Crippen LogP contribution in [0.15, 0.2) is 12.7 Å². The predicted octanol–water partition coefficient (Wildman–Crippen LogP) is -0.648. The minimum Gasteiger partial charge on any atom is -0.378 e. The molecule has 0 bridgehead atoms. The maximum atomic E-state index is 5.98. The Hall–Kier alpha value is -2.75. The molecule has 0 unspecified atom stereocenters. The Morgan fingerprint density at radius 1 is 1.19 bits per heavy atom. The zero-order chi connectivity index (χ0) is 14.2. The largest absolute Gasteiger partial charge is 0.378 e. The smallest absolute Gasteiger partial charge is 0.247 e. The van der Waals surface area contributed by atoms with E-state index in [1.807, 2.05) is 4.90 Å². The fourth-order valence-corrected chi connectivity index (χ4v) is 2.28. The van der Waals surface area contributed by atoms with Crippen LogP contribution in [0.5, 0.6) is 0 Å². The van der Waals surface area contributed by atoms with E-state index in [1.165, 1.54) is 11.0 Å². The van der Waals surface area contributed by atoms with Gasteiger partial charge in [-0.3, -0.25) is 0 Å². The average molecular weight is 287 g/mol. The van der Waals surface area contributed by atoms with E-state index >= 15 is 0 Å². The Bertz CT molecular complexity index is 773. The van der Waals surface area contributed by atoms with Gasteiger partial charge in [-0.05, 0) is 0 Å². The van der Waals surface area contributed by atoms with E-state index in [0.717, 1.165) is 13.1 Å². The summed E-state index contributed by atoms with van der Waals surface area (Å²) in [4.78, 5) is 21.7. The molecule has 0 radical (unpaired) electrons. The molecule has 0 spiro atoms. The minimum atomic E-state index is 0.270. The van der Waals surface area contributed by atoms with Gasteiger partial charge in [0.15, 0.2) is 11.5 Å². The number of fused-ring (bicyclic) bond motifs is 1. The summed E-state index contributed by atoms with van der Waals surface area (Å²) in [6.07, 6.45) is 2.98. The molecule has 4 heterocycles. The number of hydrogen-bond donors (Lipinski definition) is 2. The number of H-pyrrole nitrogens is 1. The zero-order valence-electron chi connectivity index (χ0n) is 11.1. The van der Waals surface area contributed by atoms with E-state index in [4.69, 9.17) is 10.5 Å². The van der Waals surface area contributed by atoms with Gasteiger partial charge in [-0.15, -0.1) is 5.10 Å². The van der Waals surface area contributed by atoms with Crippen molar-refractivity contribution in [3.63, 3.8) is 0 Å². The van der Waals surface area contributed by atoms with Crippen LogP contribution in [0.3, 0.4) is 0 Å². The third-order valence-corrected chi connectivity index (χ3v) is 3.32. The molecular weight excluding hydrogens is 274 g/mol. The number of nitrogens with two attached hydrogens (primary N) is 1. The van der Waals surface area contributed by atoms with Gasteiger partial charge in [0, 0.05) is 13.1 Å². The summed E-state index contributed by atoms with van der Waals surface area (Å²) in [6, 6.07) is 0. The highest BCUT2D eigenvalue weighted by Crippen LogP contribution is 2.19. The molecule has 10 heteroatoms. The van der Waals surface area contributed by atoms with Crippen molar-refractivity contribution >= 4 is 23.1 Å². The summed E-state index contributed by atoms with van der Waals surface area (Å²) in [5.74, 6) is 1.37. The normalized spacial score (nSPS) is 15.7. The molecule has 3 N–H and O–H groups in total. The number of aromatic nitrogens is 7. The molecule has 1 aliphatic rings. The van der Waals surface area contributed by atoms with Crippen LogP contribution in [0.1, 0.15) is 0 Å². The quantitative estimate of drug-likeness (QED) is 0.637. The molecule has 0 aromatic carbocycles. The summed E-state index contributed by atoms with van der Waals surface area (Å²) >= 11 is 0. The maximum absolute atomic E-state index is 5.98. The van der Waals surface area contributed by atoms with E-state index in [-0.39, 0.29) is 5.95 Å². The van der Waals surface area contributed by atoms with Crippen molar-refractivity contribution in [3.05, 3.63) is 12.7 Å². The van der Waals surface area contributed by atoms with E-state index in [2.05, 4.69) is 30.0 Å². The van der Waals surface area contributed by atoms with Crippen LogP contribution in [0, 0.1) is 0 Å². The molecule has 1 saturated heterocycles. The standard InChI is InChI=1S/C11H13N9O/c12-10-17-11(19-1-3-21-4-2-19)18-20(10)9-7-8(14-5-13-7)15-6-16-9/h5-6H,1-4H2,(H2,12,17,18)(H,13,14,15,16). The molecule has 10 nitrogen and oxygen atoms in total. The van der Waals surface area contributed by atoms with E-state index in [9.17, 15) is 0 Å². The van der Waals surface area contributed by atoms with Gasteiger partial charge < -0.3 is 20.4 Å². The molecule has 4 rings (SSSR count). The SMILES string of the molecule is Nc1nc(N2CCOCC2)nn1-c1ncnc2nc[nH]c12. The second kappa shape index (κ2) is 4.66. The number of ether oxygens (including phenoxy) is 1. The second-order valence-corrected chi connectivity index (χ2v) is 4.58. The van der Waals surface area contributed by atoms with Crippen LogP contribution in [0.2, 0.25) is 0 Å². The monoisotopic (exact) mass is 287 g/mol. The molecule has 0 saturated carbocycles.